The van der Waals surface area contributed by atoms with Crippen LogP contribution in [0.2, 0.25) is 0 Å². The lowest BCUT2D eigenvalue weighted by molar-refractivity contribution is 0.348. The maximum absolute atomic E-state index is 9.70. The van der Waals surface area contributed by atoms with Gasteiger partial charge in [-0.15, -0.1) is 0 Å². The van der Waals surface area contributed by atoms with Gasteiger partial charge in [-0.25, -0.2) is 0 Å². The Kier molecular flexibility index (Phi) is 4.08. The van der Waals surface area contributed by atoms with Crippen LogP contribution >= 0.6 is 0 Å². The van der Waals surface area contributed by atoms with E-state index in [0.29, 0.717) is 12.2 Å². The van der Waals surface area contributed by atoms with Crippen molar-refractivity contribution >= 4 is 6.08 Å². The van der Waals surface area contributed by atoms with E-state index in [-0.39, 0.29) is 11.5 Å². The number of rotatable bonds is 4. The van der Waals surface area contributed by atoms with Crippen molar-refractivity contribution in [1.29, 1.82) is 0 Å². The van der Waals surface area contributed by atoms with Gasteiger partial charge in [0.1, 0.15) is 0 Å². The van der Waals surface area contributed by atoms with Crippen molar-refractivity contribution in [3.8, 4) is 17.2 Å². The Bertz CT molecular complexity index is 574. The van der Waals surface area contributed by atoms with Gasteiger partial charge in [-0.1, -0.05) is 48.6 Å². The van der Waals surface area contributed by atoms with Crippen LogP contribution in [0, 0.1) is 0 Å². The van der Waals surface area contributed by atoms with Gasteiger partial charge >= 0.3 is 0 Å². The molecule has 0 saturated carbocycles. The number of phenolic OH excluding ortho intramolecular Hbond substituents is 2. The summed E-state index contributed by atoms with van der Waals surface area (Å²) in [7, 11) is 1.47. The van der Waals surface area contributed by atoms with Crippen molar-refractivity contribution in [3.05, 3.63) is 59.7 Å². The molecule has 0 amide bonds. The molecule has 0 unspecified atom stereocenters. The number of hydrogen-bond acceptors (Lipinski definition) is 3. The second-order valence-corrected chi connectivity index (χ2v) is 4.14. The second-order valence-electron chi connectivity index (χ2n) is 4.14. The minimum atomic E-state index is -0.215. The fourth-order valence-electron chi connectivity index (χ4n) is 1.88. The number of hydrogen-bond donors (Lipinski definition) is 2. The summed E-state index contributed by atoms with van der Waals surface area (Å²) in [6.07, 6.45) is 4.61. The van der Waals surface area contributed by atoms with E-state index >= 15 is 0 Å². The molecule has 2 N–H and O–H groups in total. The Labute approximate surface area is 112 Å². The molecule has 0 aromatic heterocycles. The highest BCUT2D eigenvalue weighted by Gasteiger charge is 2.11. The maximum Gasteiger partial charge on any atom is 0.200 e. The zero-order chi connectivity index (χ0) is 13.7. The zero-order valence-electron chi connectivity index (χ0n) is 10.7. The second kappa shape index (κ2) is 5.96. The molecule has 2 rings (SSSR count). The Morgan fingerprint density at radius 2 is 1.79 bits per heavy atom. The first-order valence-electron chi connectivity index (χ1n) is 6.01. The lowest BCUT2D eigenvalue weighted by Crippen LogP contribution is -1.91. The van der Waals surface area contributed by atoms with Gasteiger partial charge in [0.2, 0.25) is 5.75 Å². The quantitative estimate of drug-likeness (QED) is 0.825. The summed E-state index contributed by atoms with van der Waals surface area (Å²) in [6, 6.07) is 13.2. The molecule has 0 fully saturated rings. The largest absolute Gasteiger partial charge is 0.504 e. The number of ether oxygens (including phenoxy) is 1. The number of methoxy groups -OCH3 is 1. The van der Waals surface area contributed by atoms with Gasteiger partial charge in [0.05, 0.1) is 7.11 Å². The SMILES string of the molecule is COc1c(CC=Cc2ccccc2)ccc(O)c1O. The normalized spacial score (nSPS) is 10.8. The van der Waals surface area contributed by atoms with Crippen LogP contribution < -0.4 is 4.74 Å². The average molecular weight is 256 g/mol. The molecule has 0 aliphatic carbocycles. The van der Waals surface area contributed by atoms with Gasteiger partial charge < -0.3 is 14.9 Å². The molecule has 3 nitrogen and oxygen atoms in total. The summed E-state index contributed by atoms with van der Waals surface area (Å²) in [5.74, 6) is -0.0709. The molecule has 0 saturated heterocycles. The van der Waals surface area contributed by atoms with Gasteiger partial charge in [-0.05, 0) is 18.1 Å². The number of allylic oxidation sites excluding steroid dienone is 1. The summed E-state index contributed by atoms with van der Waals surface area (Å²) in [5, 5.41) is 19.1. The van der Waals surface area contributed by atoms with E-state index in [9.17, 15) is 10.2 Å². The van der Waals surface area contributed by atoms with Crippen LogP contribution in [0.15, 0.2) is 48.5 Å². The molecular weight excluding hydrogens is 240 g/mol. The lowest BCUT2D eigenvalue weighted by atomic mass is 10.1. The minimum Gasteiger partial charge on any atom is -0.504 e. The maximum atomic E-state index is 9.70. The van der Waals surface area contributed by atoms with Crippen LogP contribution in [-0.4, -0.2) is 17.3 Å². The fourth-order valence-corrected chi connectivity index (χ4v) is 1.88. The summed E-state index contributed by atoms with van der Waals surface area (Å²) in [4.78, 5) is 0. The first kappa shape index (κ1) is 13.0. The van der Waals surface area contributed by atoms with Crippen molar-refractivity contribution < 1.29 is 14.9 Å². The molecule has 0 atom stereocenters. The molecule has 2 aromatic carbocycles. The summed E-state index contributed by atoms with van der Waals surface area (Å²) < 4.78 is 5.12. The van der Waals surface area contributed by atoms with E-state index in [0.717, 1.165) is 11.1 Å². The van der Waals surface area contributed by atoms with Crippen LogP contribution in [0.5, 0.6) is 17.2 Å². The molecule has 3 heteroatoms. The zero-order valence-corrected chi connectivity index (χ0v) is 10.7. The predicted octanol–water partition coefficient (Wildman–Crippen LogP) is 3.36. The number of aromatic hydroxyl groups is 2. The van der Waals surface area contributed by atoms with Crippen molar-refractivity contribution in [2.24, 2.45) is 0 Å². The van der Waals surface area contributed by atoms with Crippen molar-refractivity contribution in [1.82, 2.24) is 0 Å². The van der Waals surface area contributed by atoms with Gasteiger partial charge in [-0.2, -0.15) is 0 Å². The van der Waals surface area contributed by atoms with E-state index in [2.05, 4.69) is 0 Å². The highest BCUT2D eigenvalue weighted by atomic mass is 16.5. The van der Waals surface area contributed by atoms with Gasteiger partial charge in [0.15, 0.2) is 11.5 Å². The highest BCUT2D eigenvalue weighted by Crippen LogP contribution is 2.38. The molecule has 0 aliphatic heterocycles. The van der Waals surface area contributed by atoms with Crippen LogP contribution in [0.1, 0.15) is 11.1 Å². The van der Waals surface area contributed by atoms with Gasteiger partial charge in [0.25, 0.3) is 0 Å². The average Bonchev–Trinajstić information content (AvgIpc) is 2.44. The summed E-state index contributed by atoms with van der Waals surface area (Å²) in [5.41, 5.74) is 1.94. The molecule has 0 spiro atoms. The minimum absolute atomic E-state index is 0.173. The molecule has 0 aliphatic rings. The molecule has 0 radical (unpaired) electrons. The molecule has 19 heavy (non-hydrogen) atoms. The smallest absolute Gasteiger partial charge is 0.200 e. The Hall–Kier alpha value is -2.42. The van der Waals surface area contributed by atoms with E-state index in [1.54, 1.807) is 6.07 Å². The van der Waals surface area contributed by atoms with E-state index in [1.165, 1.54) is 13.2 Å². The Balaban J connectivity index is 2.16. The van der Waals surface area contributed by atoms with Gasteiger partial charge in [0, 0.05) is 5.56 Å². The Morgan fingerprint density at radius 1 is 1.05 bits per heavy atom. The molecule has 2 aromatic rings. The third kappa shape index (κ3) is 3.07. The monoisotopic (exact) mass is 256 g/mol. The summed E-state index contributed by atoms with van der Waals surface area (Å²) >= 11 is 0. The molecular formula is C16H16O3. The third-order valence-corrected chi connectivity index (χ3v) is 2.84. The molecule has 98 valence electrons. The third-order valence-electron chi connectivity index (χ3n) is 2.84. The van der Waals surface area contributed by atoms with E-state index < -0.39 is 0 Å². The van der Waals surface area contributed by atoms with Crippen LogP contribution in [0.4, 0.5) is 0 Å². The van der Waals surface area contributed by atoms with Crippen molar-refractivity contribution in [2.45, 2.75) is 6.42 Å². The lowest BCUT2D eigenvalue weighted by Gasteiger charge is -2.09. The van der Waals surface area contributed by atoms with Crippen molar-refractivity contribution in [3.63, 3.8) is 0 Å². The molecule has 0 heterocycles. The topological polar surface area (TPSA) is 49.7 Å². The number of phenols is 2. The molecule has 0 bridgehead atoms. The standard InChI is InChI=1S/C16H16O3/c1-19-16-13(10-11-14(17)15(16)18)9-5-8-12-6-3-2-4-7-12/h2-8,10-11,17-18H,9H2,1H3. The predicted molar refractivity (Wildman–Crippen MR) is 75.5 cm³/mol. The van der Waals surface area contributed by atoms with Crippen molar-refractivity contribution in [2.75, 3.05) is 7.11 Å². The van der Waals surface area contributed by atoms with E-state index in [1.807, 2.05) is 42.5 Å². The number of benzene rings is 2. The first-order valence-corrected chi connectivity index (χ1v) is 6.01. The highest BCUT2D eigenvalue weighted by molar-refractivity contribution is 5.56. The van der Waals surface area contributed by atoms with Crippen LogP contribution in [0.3, 0.4) is 0 Å². The van der Waals surface area contributed by atoms with Gasteiger partial charge in [-0.3, -0.25) is 0 Å². The summed E-state index contributed by atoms with van der Waals surface area (Å²) in [6.45, 7) is 0. The fraction of sp³-hybridized carbons (Fsp3) is 0.125. The van der Waals surface area contributed by atoms with E-state index in [4.69, 9.17) is 4.74 Å². The first-order chi connectivity index (χ1) is 9.22. The Morgan fingerprint density at radius 3 is 2.47 bits per heavy atom. The van der Waals surface area contributed by atoms with Crippen LogP contribution in [0.25, 0.3) is 6.08 Å². The van der Waals surface area contributed by atoms with Crippen LogP contribution in [-0.2, 0) is 6.42 Å².